The Morgan fingerprint density at radius 2 is 1.64 bits per heavy atom. The van der Waals surface area contributed by atoms with E-state index in [0.29, 0.717) is 39.3 Å². The summed E-state index contributed by atoms with van der Waals surface area (Å²) in [5, 5.41) is 3.10. The maximum Gasteiger partial charge on any atom is 0.338 e. The smallest absolute Gasteiger partial charge is 0.338 e. The van der Waals surface area contributed by atoms with Gasteiger partial charge in [-0.3, -0.25) is 9.59 Å². The zero-order chi connectivity index (χ0) is 27.9. The summed E-state index contributed by atoms with van der Waals surface area (Å²) in [5.74, 6) is 0.0905. The largest absolute Gasteiger partial charge is 0.493 e. The van der Waals surface area contributed by atoms with Crippen molar-refractivity contribution in [2.45, 2.75) is 26.4 Å². The van der Waals surface area contributed by atoms with Gasteiger partial charge in [-0.05, 0) is 67.9 Å². The number of nitrogens with one attached hydrogen (secondary N) is 1. The molecule has 1 N–H and O–H groups in total. The third kappa shape index (κ3) is 5.87. The maximum atomic E-state index is 13.6. The fourth-order valence-corrected chi connectivity index (χ4v) is 3.99. The van der Waals surface area contributed by atoms with Crippen molar-refractivity contribution in [3.8, 4) is 28.6 Å². The van der Waals surface area contributed by atoms with Gasteiger partial charge in [0.25, 0.3) is 5.91 Å². The summed E-state index contributed by atoms with van der Waals surface area (Å²) in [6, 6.07) is 18.2. The molecule has 9 heteroatoms. The van der Waals surface area contributed by atoms with Crippen LogP contribution in [-0.4, -0.2) is 38.8 Å². The zero-order valence-electron chi connectivity index (χ0n) is 22.1. The van der Waals surface area contributed by atoms with E-state index in [-0.39, 0.29) is 24.5 Å². The quantitative estimate of drug-likeness (QED) is 0.269. The van der Waals surface area contributed by atoms with Crippen molar-refractivity contribution >= 4 is 28.5 Å². The third-order valence-electron chi connectivity index (χ3n) is 5.99. The molecule has 0 aliphatic heterocycles. The molecular weight excluding hydrogens is 502 g/mol. The summed E-state index contributed by atoms with van der Waals surface area (Å²) in [7, 11) is 3.03. The molecule has 4 aromatic rings. The minimum atomic E-state index is -1.02. The van der Waals surface area contributed by atoms with E-state index in [9.17, 15) is 14.4 Å². The lowest BCUT2D eigenvalue weighted by atomic mass is 10.1. The molecular formula is C30H29NO8. The molecule has 0 aliphatic rings. The van der Waals surface area contributed by atoms with Gasteiger partial charge >= 0.3 is 5.97 Å². The van der Waals surface area contributed by atoms with Crippen LogP contribution in [0, 0.1) is 0 Å². The molecule has 9 nitrogen and oxygen atoms in total. The van der Waals surface area contributed by atoms with E-state index in [1.807, 2.05) is 0 Å². The first-order valence-corrected chi connectivity index (χ1v) is 12.4. The molecule has 0 radical (unpaired) electrons. The number of carbonyl (C=O) groups excluding carboxylic acids is 2. The molecule has 0 bridgehead atoms. The van der Waals surface area contributed by atoms with Crippen molar-refractivity contribution in [1.82, 2.24) is 0 Å². The van der Waals surface area contributed by atoms with E-state index >= 15 is 0 Å². The van der Waals surface area contributed by atoms with Gasteiger partial charge in [0.05, 0.1) is 31.8 Å². The number of anilines is 1. The average molecular weight is 532 g/mol. The molecule has 0 saturated heterocycles. The number of benzene rings is 3. The summed E-state index contributed by atoms with van der Waals surface area (Å²) in [4.78, 5) is 38.7. The molecule has 0 aliphatic carbocycles. The van der Waals surface area contributed by atoms with Crippen LogP contribution in [0.1, 0.15) is 30.6 Å². The Hall–Kier alpha value is -4.79. The number of rotatable bonds is 10. The van der Waals surface area contributed by atoms with Crippen LogP contribution in [0.2, 0.25) is 0 Å². The van der Waals surface area contributed by atoms with Crippen molar-refractivity contribution in [1.29, 1.82) is 0 Å². The molecule has 1 heterocycles. The Morgan fingerprint density at radius 1 is 0.923 bits per heavy atom. The first-order valence-electron chi connectivity index (χ1n) is 12.4. The zero-order valence-corrected chi connectivity index (χ0v) is 22.1. The molecule has 0 spiro atoms. The Labute approximate surface area is 225 Å². The van der Waals surface area contributed by atoms with Gasteiger partial charge in [0.15, 0.2) is 23.4 Å². The van der Waals surface area contributed by atoms with Crippen molar-refractivity contribution in [2.24, 2.45) is 0 Å². The number of carbonyl (C=O) groups is 2. The average Bonchev–Trinajstić information content (AvgIpc) is 2.96. The van der Waals surface area contributed by atoms with E-state index in [1.165, 1.54) is 14.2 Å². The number of para-hydroxylation sites is 1. The molecule has 4 rings (SSSR count). The summed E-state index contributed by atoms with van der Waals surface area (Å²) in [6.07, 6.45) is -0.748. The van der Waals surface area contributed by atoms with Crippen LogP contribution in [0.4, 0.5) is 5.69 Å². The first kappa shape index (κ1) is 27.3. The van der Waals surface area contributed by atoms with Crippen LogP contribution in [0.5, 0.6) is 17.2 Å². The molecule has 39 heavy (non-hydrogen) atoms. The highest BCUT2D eigenvalue weighted by Gasteiger charge is 2.26. The van der Waals surface area contributed by atoms with Crippen molar-refractivity contribution in [2.75, 3.05) is 26.1 Å². The van der Waals surface area contributed by atoms with E-state index in [2.05, 4.69) is 5.32 Å². The van der Waals surface area contributed by atoms with Gasteiger partial charge in [0.1, 0.15) is 5.58 Å². The van der Waals surface area contributed by atoms with Gasteiger partial charge in [-0.1, -0.05) is 19.1 Å². The normalized spacial score (nSPS) is 11.5. The molecule has 0 fully saturated rings. The van der Waals surface area contributed by atoms with Crippen LogP contribution in [0.25, 0.3) is 22.3 Å². The van der Waals surface area contributed by atoms with Crippen LogP contribution in [0.15, 0.2) is 75.9 Å². The number of hydrogen-bond acceptors (Lipinski definition) is 8. The van der Waals surface area contributed by atoms with Gasteiger partial charge in [0.2, 0.25) is 11.2 Å². The highest BCUT2D eigenvalue weighted by atomic mass is 16.5. The molecule has 202 valence electrons. The number of esters is 1. The molecule has 1 amide bonds. The summed E-state index contributed by atoms with van der Waals surface area (Å²) < 4.78 is 28.0. The van der Waals surface area contributed by atoms with E-state index < -0.39 is 23.4 Å². The summed E-state index contributed by atoms with van der Waals surface area (Å²) in [6.45, 7) is 3.76. The third-order valence-corrected chi connectivity index (χ3v) is 5.99. The standard InChI is InChI=1S/C30H29NO8/c1-5-22(29(33)31-20-14-11-18(12-15-20)30(34)37-6-2)38-28-26(32)21-9-7-8-10-23(21)39-27(28)19-13-16-24(35-3)25(17-19)36-4/h7-17,22H,5-6H2,1-4H3,(H,31,33). The number of fused-ring (bicyclic) bond motifs is 1. The monoisotopic (exact) mass is 531 g/mol. The van der Waals surface area contributed by atoms with Crippen molar-refractivity contribution in [3.05, 3.63) is 82.5 Å². The summed E-state index contributed by atoms with van der Waals surface area (Å²) >= 11 is 0. The van der Waals surface area contributed by atoms with E-state index in [4.69, 9.17) is 23.4 Å². The van der Waals surface area contributed by atoms with Crippen molar-refractivity contribution < 1.29 is 33.0 Å². The Bertz CT molecular complexity index is 1540. The molecule has 3 aromatic carbocycles. The van der Waals surface area contributed by atoms with Gasteiger partial charge in [0, 0.05) is 11.3 Å². The highest BCUT2D eigenvalue weighted by Crippen LogP contribution is 2.37. The van der Waals surface area contributed by atoms with Crippen molar-refractivity contribution in [3.63, 3.8) is 0 Å². The molecule has 1 atom stereocenters. The van der Waals surface area contributed by atoms with Crippen LogP contribution >= 0.6 is 0 Å². The number of ether oxygens (including phenoxy) is 4. The molecule has 1 aromatic heterocycles. The molecule has 1 unspecified atom stereocenters. The fraction of sp³-hybridized carbons (Fsp3) is 0.233. The highest BCUT2D eigenvalue weighted by molar-refractivity contribution is 5.95. The Morgan fingerprint density at radius 3 is 2.31 bits per heavy atom. The lowest BCUT2D eigenvalue weighted by Crippen LogP contribution is -2.34. The number of amides is 1. The SMILES string of the molecule is CCOC(=O)c1ccc(NC(=O)C(CC)Oc2c(-c3ccc(OC)c(OC)c3)oc3ccccc3c2=O)cc1. The van der Waals surface area contributed by atoms with Gasteiger partial charge in [-0.2, -0.15) is 0 Å². The summed E-state index contributed by atoms with van der Waals surface area (Å²) in [5.41, 5.74) is 1.30. The topological polar surface area (TPSA) is 113 Å². The predicted octanol–water partition coefficient (Wildman–Crippen LogP) is 5.45. The Balaban J connectivity index is 1.68. The number of hydrogen-bond donors (Lipinski definition) is 1. The van der Waals surface area contributed by atoms with Gasteiger partial charge in [-0.25, -0.2) is 4.79 Å². The van der Waals surface area contributed by atoms with Gasteiger partial charge < -0.3 is 28.7 Å². The maximum absolute atomic E-state index is 13.6. The van der Waals surface area contributed by atoms with Crippen LogP contribution in [-0.2, 0) is 9.53 Å². The van der Waals surface area contributed by atoms with Crippen LogP contribution < -0.4 is 25.0 Å². The second-order valence-corrected chi connectivity index (χ2v) is 8.46. The van der Waals surface area contributed by atoms with E-state index in [0.717, 1.165) is 0 Å². The van der Waals surface area contributed by atoms with Crippen LogP contribution in [0.3, 0.4) is 0 Å². The van der Waals surface area contributed by atoms with E-state index in [1.54, 1.807) is 80.6 Å². The van der Waals surface area contributed by atoms with Gasteiger partial charge in [-0.15, -0.1) is 0 Å². The first-order chi connectivity index (χ1) is 18.9. The number of methoxy groups -OCH3 is 2. The second-order valence-electron chi connectivity index (χ2n) is 8.46. The lowest BCUT2D eigenvalue weighted by Gasteiger charge is -2.19. The fourth-order valence-electron chi connectivity index (χ4n) is 3.99. The minimum absolute atomic E-state index is 0.0967. The Kier molecular flexibility index (Phi) is 8.50. The minimum Gasteiger partial charge on any atom is -0.493 e. The lowest BCUT2D eigenvalue weighted by molar-refractivity contribution is -0.122. The second kappa shape index (κ2) is 12.2. The predicted molar refractivity (Wildman–Crippen MR) is 147 cm³/mol. The molecule has 0 saturated carbocycles.